The van der Waals surface area contributed by atoms with Gasteiger partial charge in [-0.1, -0.05) is 34.1 Å². The molecule has 0 amide bonds. The SMILES string of the molecule is Nc1ccc(Br)cc1C(O)c1cccc2ccncc12. The molecule has 0 radical (unpaired) electrons. The van der Waals surface area contributed by atoms with Gasteiger partial charge < -0.3 is 10.8 Å². The van der Waals surface area contributed by atoms with E-state index in [1.165, 1.54) is 0 Å². The van der Waals surface area contributed by atoms with Gasteiger partial charge in [0, 0.05) is 33.5 Å². The predicted molar refractivity (Wildman–Crippen MR) is 84.4 cm³/mol. The molecule has 3 rings (SSSR count). The Bertz CT molecular complexity index is 768. The van der Waals surface area contributed by atoms with Crippen LogP contribution in [0.15, 0.2) is 59.3 Å². The fraction of sp³-hybridized carbons (Fsp3) is 0.0625. The van der Waals surface area contributed by atoms with Crippen molar-refractivity contribution in [2.24, 2.45) is 0 Å². The molecule has 20 heavy (non-hydrogen) atoms. The number of aliphatic hydroxyl groups is 1. The molecule has 4 heteroatoms. The van der Waals surface area contributed by atoms with Gasteiger partial charge in [0.05, 0.1) is 0 Å². The van der Waals surface area contributed by atoms with E-state index in [-0.39, 0.29) is 0 Å². The van der Waals surface area contributed by atoms with Gasteiger partial charge in [0.25, 0.3) is 0 Å². The van der Waals surface area contributed by atoms with Gasteiger partial charge in [-0.25, -0.2) is 0 Å². The summed E-state index contributed by atoms with van der Waals surface area (Å²) in [7, 11) is 0. The Kier molecular flexibility index (Phi) is 3.42. The van der Waals surface area contributed by atoms with E-state index in [2.05, 4.69) is 20.9 Å². The van der Waals surface area contributed by atoms with E-state index in [1.54, 1.807) is 18.5 Å². The zero-order valence-electron chi connectivity index (χ0n) is 10.6. The summed E-state index contributed by atoms with van der Waals surface area (Å²) in [6, 6.07) is 13.2. The fourth-order valence-electron chi connectivity index (χ4n) is 2.33. The Morgan fingerprint density at radius 3 is 2.80 bits per heavy atom. The first-order chi connectivity index (χ1) is 9.66. The number of aliphatic hydroxyl groups excluding tert-OH is 1. The number of aromatic nitrogens is 1. The quantitative estimate of drug-likeness (QED) is 0.706. The van der Waals surface area contributed by atoms with Crippen molar-refractivity contribution in [3.63, 3.8) is 0 Å². The second-order valence-corrected chi connectivity index (χ2v) is 5.54. The van der Waals surface area contributed by atoms with Gasteiger partial charge >= 0.3 is 0 Å². The van der Waals surface area contributed by atoms with Gasteiger partial charge in [0.15, 0.2) is 0 Å². The lowest BCUT2D eigenvalue weighted by Crippen LogP contribution is -2.04. The monoisotopic (exact) mass is 328 g/mol. The highest BCUT2D eigenvalue weighted by molar-refractivity contribution is 9.10. The molecule has 0 saturated heterocycles. The Hall–Kier alpha value is -1.91. The number of nitrogens with two attached hydrogens (primary N) is 1. The summed E-state index contributed by atoms with van der Waals surface area (Å²) in [5.41, 5.74) is 8.04. The van der Waals surface area contributed by atoms with Crippen LogP contribution in [0.2, 0.25) is 0 Å². The van der Waals surface area contributed by atoms with E-state index in [0.717, 1.165) is 20.8 Å². The van der Waals surface area contributed by atoms with Crippen molar-refractivity contribution in [2.45, 2.75) is 6.10 Å². The summed E-state index contributed by atoms with van der Waals surface area (Å²) in [5, 5.41) is 12.6. The molecule has 3 nitrogen and oxygen atoms in total. The molecule has 3 N–H and O–H groups in total. The van der Waals surface area contributed by atoms with Crippen LogP contribution in [-0.4, -0.2) is 10.1 Å². The third kappa shape index (κ3) is 2.28. The molecule has 1 heterocycles. The van der Waals surface area contributed by atoms with Crippen LogP contribution >= 0.6 is 15.9 Å². The van der Waals surface area contributed by atoms with E-state index >= 15 is 0 Å². The van der Waals surface area contributed by atoms with Crippen LogP contribution in [0.1, 0.15) is 17.2 Å². The van der Waals surface area contributed by atoms with Crippen molar-refractivity contribution >= 4 is 32.4 Å². The average molecular weight is 329 g/mol. The van der Waals surface area contributed by atoms with Crippen LogP contribution in [0.3, 0.4) is 0 Å². The second kappa shape index (κ2) is 5.23. The van der Waals surface area contributed by atoms with E-state index < -0.39 is 6.10 Å². The Morgan fingerprint density at radius 2 is 1.95 bits per heavy atom. The molecule has 2 aromatic carbocycles. The normalized spacial score (nSPS) is 12.5. The largest absolute Gasteiger partial charge is 0.398 e. The molecule has 0 spiro atoms. The van der Waals surface area contributed by atoms with Crippen molar-refractivity contribution in [2.75, 3.05) is 5.73 Å². The molecular weight excluding hydrogens is 316 g/mol. The molecule has 1 atom stereocenters. The summed E-state index contributed by atoms with van der Waals surface area (Å²) in [4.78, 5) is 4.14. The summed E-state index contributed by atoms with van der Waals surface area (Å²) < 4.78 is 0.888. The van der Waals surface area contributed by atoms with Crippen LogP contribution in [0, 0.1) is 0 Å². The number of nitrogens with zero attached hydrogens (tertiary/aromatic N) is 1. The van der Waals surface area contributed by atoms with Crippen molar-refractivity contribution < 1.29 is 5.11 Å². The van der Waals surface area contributed by atoms with Crippen LogP contribution in [-0.2, 0) is 0 Å². The number of hydrogen-bond donors (Lipinski definition) is 2. The number of halogens is 1. The second-order valence-electron chi connectivity index (χ2n) is 4.62. The Morgan fingerprint density at radius 1 is 1.10 bits per heavy atom. The number of hydrogen-bond acceptors (Lipinski definition) is 3. The van der Waals surface area contributed by atoms with E-state index in [4.69, 9.17) is 5.73 Å². The standard InChI is InChI=1S/C16H13BrN2O/c17-11-4-5-15(18)13(8-11)16(20)12-3-1-2-10-6-7-19-9-14(10)12/h1-9,16,20H,18H2. The lowest BCUT2D eigenvalue weighted by molar-refractivity contribution is 0.222. The molecule has 0 bridgehead atoms. The minimum Gasteiger partial charge on any atom is -0.398 e. The van der Waals surface area contributed by atoms with E-state index in [9.17, 15) is 5.11 Å². The van der Waals surface area contributed by atoms with Gasteiger partial charge in [-0.3, -0.25) is 4.98 Å². The van der Waals surface area contributed by atoms with Gasteiger partial charge in [-0.05, 0) is 35.2 Å². The number of nitrogen functional groups attached to an aromatic ring is 1. The number of rotatable bonds is 2. The zero-order valence-corrected chi connectivity index (χ0v) is 12.2. The minimum absolute atomic E-state index is 0.571. The van der Waals surface area contributed by atoms with Crippen molar-refractivity contribution in [1.29, 1.82) is 0 Å². The summed E-state index contributed by atoms with van der Waals surface area (Å²) in [5.74, 6) is 0. The lowest BCUT2D eigenvalue weighted by Gasteiger charge is -2.16. The molecule has 3 aromatic rings. The highest BCUT2D eigenvalue weighted by Crippen LogP contribution is 2.32. The highest BCUT2D eigenvalue weighted by atomic mass is 79.9. The molecule has 0 aliphatic carbocycles. The first kappa shape index (κ1) is 13.1. The Labute approximate surface area is 125 Å². The van der Waals surface area contributed by atoms with Crippen LogP contribution in [0.25, 0.3) is 10.8 Å². The number of anilines is 1. The molecule has 0 aliphatic heterocycles. The van der Waals surface area contributed by atoms with Gasteiger partial charge in [-0.2, -0.15) is 0 Å². The number of pyridine rings is 1. The summed E-state index contributed by atoms with van der Waals surface area (Å²) in [6.45, 7) is 0. The molecule has 1 unspecified atom stereocenters. The third-order valence-corrected chi connectivity index (χ3v) is 3.85. The van der Waals surface area contributed by atoms with Gasteiger partial charge in [0.1, 0.15) is 6.10 Å². The summed E-state index contributed by atoms with van der Waals surface area (Å²) in [6.07, 6.45) is 2.73. The average Bonchev–Trinajstić information content (AvgIpc) is 2.48. The van der Waals surface area contributed by atoms with Crippen molar-refractivity contribution in [3.8, 4) is 0 Å². The van der Waals surface area contributed by atoms with Gasteiger partial charge in [-0.15, -0.1) is 0 Å². The molecule has 0 fully saturated rings. The molecule has 0 aliphatic rings. The molecule has 100 valence electrons. The zero-order chi connectivity index (χ0) is 14.1. The smallest absolute Gasteiger partial charge is 0.107 e. The Balaban J connectivity index is 2.17. The maximum Gasteiger partial charge on any atom is 0.107 e. The first-order valence-corrected chi connectivity index (χ1v) is 7.02. The van der Waals surface area contributed by atoms with E-state index in [1.807, 2.05) is 36.4 Å². The summed E-state index contributed by atoms with van der Waals surface area (Å²) >= 11 is 3.41. The van der Waals surface area contributed by atoms with Crippen molar-refractivity contribution in [1.82, 2.24) is 4.98 Å². The predicted octanol–water partition coefficient (Wildman–Crippen LogP) is 3.66. The molecular formula is C16H13BrN2O. The molecule has 1 aromatic heterocycles. The van der Waals surface area contributed by atoms with Gasteiger partial charge in [0.2, 0.25) is 0 Å². The maximum absolute atomic E-state index is 10.7. The number of fused-ring (bicyclic) bond motifs is 1. The first-order valence-electron chi connectivity index (χ1n) is 6.22. The lowest BCUT2D eigenvalue weighted by atomic mass is 9.96. The maximum atomic E-state index is 10.7. The third-order valence-electron chi connectivity index (χ3n) is 3.36. The fourth-order valence-corrected chi connectivity index (χ4v) is 2.70. The van der Waals surface area contributed by atoms with Crippen molar-refractivity contribution in [3.05, 3.63) is 70.5 Å². The number of benzene rings is 2. The van der Waals surface area contributed by atoms with Crippen LogP contribution in [0.4, 0.5) is 5.69 Å². The topological polar surface area (TPSA) is 59.1 Å². The minimum atomic E-state index is -0.777. The molecule has 0 saturated carbocycles. The van der Waals surface area contributed by atoms with Crippen LogP contribution in [0.5, 0.6) is 0 Å². The van der Waals surface area contributed by atoms with E-state index in [0.29, 0.717) is 11.3 Å². The van der Waals surface area contributed by atoms with Crippen LogP contribution < -0.4 is 5.73 Å². The highest BCUT2D eigenvalue weighted by Gasteiger charge is 2.16.